The molecule has 1 aliphatic rings. The van der Waals surface area contributed by atoms with Gasteiger partial charge in [0.05, 0.1) is 30.7 Å². The van der Waals surface area contributed by atoms with Gasteiger partial charge in [0.2, 0.25) is 15.9 Å². The molecule has 22 heavy (non-hydrogen) atoms. The number of sulfonamides is 1. The Morgan fingerprint density at radius 1 is 1.50 bits per heavy atom. The fourth-order valence-electron chi connectivity index (χ4n) is 2.29. The van der Waals surface area contributed by atoms with Crippen LogP contribution >= 0.6 is 0 Å². The molecule has 0 radical (unpaired) electrons. The summed E-state index contributed by atoms with van der Waals surface area (Å²) >= 11 is 0. The highest BCUT2D eigenvalue weighted by atomic mass is 32.2. The maximum absolute atomic E-state index is 12.0. The number of ether oxygens (including phenoxy) is 1. The molecule has 1 N–H and O–H groups in total. The Balaban J connectivity index is 1.92. The van der Waals surface area contributed by atoms with Crippen LogP contribution in [-0.2, 0) is 26.1 Å². The molecule has 0 bridgehead atoms. The lowest BCUT2D eigenvalue weighted by atomic mass is 10.1. The van der Waals surface area contributed by atoms with Crippen LogP contribution in [0.1, 0.15) is 5.69 Å². The zero-order valence-corrected chi connectivity index (χ0v) is 13.8. The summed E-state index contributed by atoms with van der Waals surface area (Å²) in [4.78, 5) is 12.0. The lowest BCUT2D eigenvalue weighted by Crippen LogP contribution is -2.44. The number of hydrogen-bond acceptors (Lipinski definition) is 5. The van der Waals surface area contributed by atoms with Crippen molar-refractivity contribution in [1.82, 2.24) is 19.4 Å². The minimum absolute atomic E-state index is 0.0359. The number of rotatable bonds is 6. The third-order valence-corrected chi connectivity index (χ3v) is 5.57. The van der Waals surface area contributed by atoms with E-state index in [1.807, 2.05) is 13.0 Å². The topological polar surface area (TPSA) is 93.5 Å². The van der Waals surface area contributed by atoms with Gasteiger partial charge in [-0.05, 0) is 13.0 Å². The molecule has 0 unspecified atom stereocenters. The molecule has 9 heteroatoms. The quantitative estimate of drug-likeness (QED) is 0.738. The van der Waals surface area contributed by atoms with Crippen molar-refractivity contribution in [2.75, 3.05) is 33.1 Å². The van der Waals surface area contributed by atoms with Crippen molar-refractivity contribution in [3.63, 3.8) is 0 Å². The zero-order valence-electron chi connectivity index (χ0n) is 13.0. The second-order valence-corrected chi connectivity index (χ2v) is 7.91. The Hall–Kier alpha value is -1.45. The molecular weight excluding hydrogens is 308 g/mol. The molecule has 1 aliphatic heterocycles. The highest BCUT2D eigenvalue weighted by molar-refractivity contribution is 7.89. The van der Waals surface area contributed by atoms with Crippen LogP contribution in [0.15, 0.2) is 12.3 Å². The van der Waals surface area contributed by atoms with E-state index < -0.39 is 10.0 Å². The van der Waals surface area contributed by atoms with Gasteiger partial charge in [-0.3, -0.25) is 9.48 Å². The minimum Gasteiger partial charge on any atom is -0.379 e. The first-order chi connectivity index (χ1) is 10.3. The standard InChI is InChI=1S/C13H22N4O4S/c1-10-4-5-17(15-10)6-13(18)14-12-8-21-7-11(12)9-22(19,20)16(2)3/h4-5,11-12H,6-9H2,1-3H3,(H,14,18)/t11-,12-/m0/s1. The number of nitrogens with zero attached hydrogens (tertiary/aromatic N) is 3. The van der Waals surface area contributed by atoms with E-state index in [1.165, 1.54) is 18.4 Å². The number of carbonyl (C=O) groups is 1. The molecule has 0 aromatic carbocycles. The van der Waals surface area contributed by atoms with Crippen molar-refractivity contribution in [2.45, 2.75) is 19.5 Å². The van der Waals surface area contributed by atoms with E-state index in [0.717, 1.165) is 5.69 Å². The predicted molar refractivity (Wildman–Crippen MR) is 80.7 cm³/mol. The smallest absolute Gasteiger partial charge is 0.242 e. The predicted octanol–water partition coefficient (Wildman–Crippen LogP) is -0.786. The van der Waals surface area contributed by atoms with Crippen LogP contribution in [0, 0.1) is 12.8 Å². The fraction of sp³-hybridized carbons (Fsp3) is 0.692. The average Bonchev–Trinajstić information content (AvgIpc) is 2.99. The highest BCUT2D eigenvalue weighted by Gasteiger charge is 2.34. The van der Waals surface area contributed by atoms with Gasteiger partial charge in [0.1, 0.15) is 6.54 Å². The van der Waals surface area contributed by atoms with Crippen molar-refractivity contribution in [3.8, 4) is 0 Å². The second kappa shape index (κ2) is 6.76. The highest BCUT2D eigenvalue weighted by Crippen LogP contribution is 2.17. The third kappa shape index (κ3) is 4.28. The largest absolute Gasteiger partial charge is 0.379 e. The molecule has 8 nitrogen and oxygen atoms in total. The Bertz CT molecular complexity index is 626. The summed E-state index contributed by atoms with van der Waals surface area (Å²) in [5.74, 6) is -0.479. The maximum Gasteiger partial charge on any atom is 0.242 e. The molecule has 0 spiro atoms. The van der Waals surface area contributed by atoms with Gasteiger partial charge in [-0.15, -0.1) is 0 Å². The fourth-order valence-corrected chi connectivity index (χ4v) is 3.46. The lowest BCUT2D eigenvalue weighted by Gasteiger charge is -2.21. The summed E-state index contributed by atoms with van der Waals surface area (Å²) < 4.78 is 32.0. The number of nitrogens with one attached hydrogen (secondary N) is 1. The molecule has 1 amide bonds. The lowest BCUT2D eigenvalue weighted by molar-refractivity contribution is -0.122. The molecule has 0 saturated carbocycles. The number of aryl methyl sites for hydroxylation is 1. The van der Waals surface area contributed by atoms with Gasteiger partial charge >= 0.3 is 0 Å². The van der Waals surface area contributed by atoms with Crippen LogP contribution in [0.4, 0.5) is 0 Å². The van der Waals surface area contributed by atoms with Crippen molar-refractivity contribution >= 4 is 15.9 Å². The molecule has 1 saturated heterocycles. The van der Waals surface area contributed by atoms with Crippen LogP contribution in [0.3, 0.4) is 0 Å². The summed E-state index contributed by atoms with van der Waals surface area (Å²) in [6, 6.07) is 1.53. The summed E-state index contributed by atoms with van der Waals surface area (Å²) in [6.07, 6.45) is 1.73. The summed E-state index contributed by atoms with van der Waals surface area (Å²) in [5, 5.41) is 6.99. The number of aromatic nitrogens is 2. The van der Waals surface area contributed by atoms with Gasteiger partial charge in [0.25, 0.3) is 0 Å². The Morgan fingerprint density at radius 2 is 2.23 bits per heavy atom. The second-order valence-electron chi connectivity index (χ2n) is 5.69. The van der Waals surface area contributed by atoms with Crippen LogP contribution < -0.4 is 5.32 Å². The van der Waals surface area contributed by atoms with Crippen molar-refractivity contribution < 1.29 is 17.9 Å². The van der Waals surface area contributed by atoms with Crippen LogP contribution in [0.2, 0.25) is 0 Å². The third-order valence-electron chi connectivity index (χ3n) is 3.61. The van der Waals surface area contributed by atoms with Crippen molar-refractivity contribution in [3.05, 3.63) is 18.0 Å². The molecule has 0 aliphatic carbocycles. The first kappa shape index (κ1) is 16.9. The zero-order chi connectivity index (χ0) is 16.3. The van der Waals surface area contributed by atoms with Gasteiger partial charge in [-0.1, -0.05) is 0 Å². The van der Waals surface area contributed by atoms with Crippen molar-refractivity contribution in [1.29, 1.82) is 0 Å². The van der Waals surface area contributed by atoms with E-state index in [1.54, 1.807) is 10.9 Å². The van der Waals surface area contributed by atoms with E-state index >= 15 is 0 Å². The molecule has 1 fully saturated rings. The van der Waals surface area contributed by atoms with E-state index in [2.05, 4.69) is 10.4 Å². The Kier molecular flexibility index (Phi) is 5.20. The minimum atomic E-state index is -3.32. The first-order valence-electron chi connectivity index (χ1n) is 7.05. The van der Waals surface area contributed by atoms with E-state index in [4.69, 9.17) is 4.74 Å². The van der Waals surface area contributed by atoms with Gasteiger partial charge < -0.3 is 10.1 Å². The first-order valence-corrected chi connectivity index (χ1v) is 8.66. The van der Waals surface area contributed by atoms with Crippen LogP contribution in [0.25, 0.3) is 0 Å². The van der Waals surface area contributed by atoms with Gasteiger partial charge in [-0.2, -0.15) is 5.10 Å². The average molecular weight is 330 g/mol. The molecule has 1 aromatic heterocycles. The Morgan fingerprint density at radius 3 is 2.82 bits per heavy atom. The Labute approximate surface area is 130 Å². The summed E-state index contributed by atoms with van der Waals surface area (Å²) in [5.41, 5.74) is 0.840. The molecule has 1 aromatic rings. The monoisotopic (exact) mass is 330 g/mol. The van der Waals surface area contributed by atoms with E-state index in [0.29, 0.717) is 13.2 Å². The molecular formula is C13H22N4O4S. The van der Waals surface area contributed by atoms with Gasteiger partial charge in [0.15, 0.2) is 0 Å². The summed E-state index contributed by atoms with van der Waals surface area (Å²) in [7, 11) is -0.324. The van der Waals surface area contributed by atoms with E-state index in [9.17, 15) is 13.2 Å². The SMILES string of the molecule is Cc1ccn(CC(=O)N[C@H]2COC[C@H]2CS(=O)(=O)N(C)C)n1. The van der Waals surface area contributed by atoms with Crippen molar-refractivity contribution in [2.24, 2.45) is 5.92 Å². The number of carbonyl (C=O) groups excluding carboxylic acids is 1. The molecule has 2 atom stereocenters. The van der Waals surface area contributed by atoms with Gasteiger partial charge in [-0.25, -0.2) is 12.7 Å². The maximum atomic E-state index is 12.0. The molecule has 2 rings (SSSR count). The summed E-state index contributed by atoms with van der Waals surface area (Å²) in [6.45, 7) is 2.62. The van der Waals surface area contributed by atoms with Gasteiger partial charge in [0, 0.05) is 26.2 Å². The normalized spacial score (nSPS) is 22.2. The number of hydrogen-bond donors (Lipinski definition) is 1. The van der Waals surface area contributed by atoms with E-state index in [-0.39, 0.29) is 30.2 Å². The molecule has 2 heterocycles. The van der Waals surface area contributed by atoms with Crippen LogP contribution in [0.5, 0.6) is 0 Å². The number of amides is 1. The van der Waals surface area contributed by atoms with Crippen LogP contribution in [-0.4, -0.2) is 67.5 Å². The molecule has 124 valence electrons.